The van der Waals surface area contributed by atoms with Crippen molar-refractivity contribution < 1.29 is 9.53 Å². The van der Waals surface area contributed by atoms with E-state index in [1.807, 2.05) is 47.0 Å². The molecule has 7 heteroatoms. The fourth-order valence-corrected chi connectivity index (χ4v) is 3.99. The fourth-order valence-electron chi connectivity index (χ4n) is 3.99. The van der Waals surface area contributed by atoms with Crippen LogP contribution in [0.5, 0.6) is 0 Å². The Bertz CT molecular complexity index is 1270. The van der Waals surface area contributed by atoms with Gasteiger partial charge in [-0.05, 0) is 54.8 Å². The molecule has 1 fully saturated rings. The van der Waals surface area contributed by atoms with Gasteiger partial charge in [0.2, 0.25) is 0 Å². The number of carbonyl (C=O) groups is 1. The van der Waals surface area contributed by atoms with Crippen LogP contribution < -0.4 is 10.9 Å². The standard InChI is InChI=1S/C23H22N4O3/c28-22(25-14-18-4-3-13-30-18)17-9-7-16(8-10-17)15-27-21-19(5-1-11-24-21)26-12-2-6-20(26)23(27)29/h1-2,5-12,18H,3-4,13-15H2,(H,25,28). The monoisotopic (exact) mass is 402 g/mol. The van der Waals surface area contributed by atoms with Gasteiger partial charge in [0.1, 0.15) is 5.52 Å². The molecular weight excluding hydrogens is 380 g/mol. The summed E-state index contributed by atoms with van der Waals surface area (Å²) in [5.41, 5.74) is 3.54. The third-order valence-corrected chi connectivity index (χ3v) is 5.57. The molecule has 1 N–H and O–H groups in total. The number of aromatic nitrogens is 3. The lowest BCUT2D eigenvalue weighted by atomic mass is 10.1. The first-order valence-electron chi connectivity index (χ1n) is 10.1. The van der Waals surface area contributed by atoms with Crippen LogP contribution in [-0.2, 0) is 11.3 Å². The number of nitrogens with zero attached hydrogens (tertiary/aromatic N) is 3. The second-order valence-electron chi connectivity index (χ2n) is 7.54. The average molecular weight is 402 g/mol. The molecule has 4 heterocycles. The minimum absolute atomic E-state index is 0.0930. The van der Waals surface area contributed by atoms with E-state index in [1.165, 1.54) is 0 Å². The number of pyridine rings is 1. The van der Waals surface area contributed by atoms with Crippen LogP contribution >= 0.6 is 0 Å². The Kier molecular flexibility index (Phi) is 4.80. The highest BCUT2D eigenvalue weighted by Crippen LogP contribution is 2.15. The lowest BCUT2D eigenvalue weighted by Crippen LogP contribution is -2.31. The van der Waals surface area contributed by atoms with Crippen molar-refractivity contribution in [2.24, 2.45) is 0 Å². The van der Waals surface area contributed by atoms with E-state index in [2.05, 4.69) is 10.3 Å². The van der Waals surface area contributed by atoms with Crippen molar-refractivity contribution in [3.05, 3.63) is 82.4 Å². The molecule has 30 heavy (non-hydrogen) atoms. The Morgan fingerprint density at radius 2 is 1.97 bits per heavy atom. The number of hydrogen-bond donors (Lipinski definition) is 1. The first-order valence-corrected chi connectivity index (χ1v) is 10.1. The molecule has 1 amide bonds. The number of fused-ring (bicyclic) bond motifs is 3. The number of benzene rings is 1. The van der Waals surface area contributed by atoms with Gasteiger partial charge in [-0.2, -0.15) is 0 Å². The second kappa shape index (κ2) is 7.76. The molecule has 1 unspecified atom stereocenters. The van der Waals surface area contributed by atoms with Crippen molar-refractivity contribution in [1.29, 1.82) is 0 Å². The lowest BCUT2D eigenvalue weighted by Gasteiger charge is -2.13. The summed E-state index contributed by atoms with van der Waals surface area (Å²) in [4.78, 5) is 29.8. The summed E-state index contributed by atoms with van der Waals surface area (Å²) in [6.45, 7) is 1.68. The molecular formula is C23H22N4O3. The van der Waals surface area contributed by atoms with Crippen LogP contribution in [0.4, 0.5) is 0 Å². The van der Waals surface area contributed by atoms with Crippen LogP contribution in [0.15, 0.2) is 65.7 Å². The van der Waals surface area contributed by atoms with Crippen molar-refractivity contribution in [2.75, 3.05) is 13.2 Å². The molecule has 5 rings (SSSR count). The van der Waals surface area contributed by atoms with Gasteiger partial charge in [0, 0.05) is 31.1 Å². The van der Waals surface area contributed by atoms with Crippen molar-refractivity contribution in [1.82, 2.24) is 19.3 Å². The first-order chi connectivity index (χ1) is 14.7. The molecule has 0 saturated carbocycles. The summed E-state index contributed by atoms with van der Waals surface area (Å²) in [5.74, 6) is -0.115. The van der Waals surface area contributed by atoms with Crippen molar-refractivity contribution in [3.8, 4) is 0 Å². The highest BCUT2D eigenvalue weighted by molar-refractivity contribution is 5.94. The second-order valence-corrected chi connectivity index (χ2v) is 7.54. The van der Waals surface area contributed by atoms with E-state index in [0.29, 0.717) is 29.8 Å². The number of rotatable bonds is 5. The van der Waals surface area contributed by atoms with Gasteiger partial charge in [-0.15, -0.1) is 0 Å². The molecule has 1 aromatic carbocycles. The third-order valence-electron chi connectivity index (χ3n) is 5.57. The summed E-state index contributed by atoms with van der Waals surface area (Å²) in [5, 5.41) is 2.93. The van der Waals surface area contributed by atoms with Gasteiger partial charge < -0.3 is 14.5 Å². The van der Waals surface area contributed by atoms with Gasteiger partial charge in [0.25, 0.3) is 11.5 Å². The number of hydrogen-bond acceptors (Lipinski definition) is 4. The maximum absolute atomic E-state index is 13.0. The van der Waals surface area contributed by atoms with Crippen LogP contribution in [-0.4, -0.2) is 39.1 Å². The summed E-state index contributed by atoms with van der Waals surface area (Å²) < 4.78 is 9.08. The van der Waals surface area contributed by atoms with E-state index >= 15 is 0 Å². The zero-order chi connectivity index (χ0) is 20.5. The van der Waals surface area contributed by atoms with Gasteiger partial charge >= 0.3 is 0 Å². The van der Waals surface area contributed by atoms with Crippen molar-refractivity contribution in [3.63, 3.8) is 0 Å². The predicted molar refractivity (Wildman–Crippen MR) is 114 cm³/mol. The first kappa shape index (κ1) is 18.6. The maximum atomic E-state index is 13.0. The topological polar surface area (TPSA) is 77.6 Å². The van der Waals surface area contributed by atoms with Gasteiger partial charge in [0.05, 0.1) is 18.2 Å². The largest absolute Gasteiger partial charge is 0.376 e. The van der Waals surface area contributed by atoms with Gasteiger partial charge in [-0.3, -0.25) is 14.2 Å². The highest BCUT2D eigenvalue weighted by atomic mass is 16.5. The van der Waals surface area contributed by atoms with Gasteiger partial charge in [-0.25, -0.2) is 4.98 Å². The summed E-state index contributed by atoms with van der Waals surface area (Å²) >= 11 is 0. The lowest BCUT2D eigenvalue weighted by molar-refractivity contribution is 0.0858. The third kappa shape index (κ3) is 3.37. The van der Waals surface area contributed by atoms with Gasteiger partial charge in [0.15, 0.2) is 5.65 Å². The zero-order valence-electron chi connectivity index (χ0n) is 16.5. The predicted octanol–water partition coefficient (Wildman–Crippen LogP) is 2.61. The Morgan fingerprint density at radius 1 is 1.13 bits per heavy atom. The van der Waals surface area contributed by atoms with E-state index in [4.69, 9.17) is 4.74 Å². The van der Waals surface area contributed by atoms with Crippen LogP contribution in [0, 0.1) is 0 Å². The Balaban J connectivity index is 1.39. The normalized spacial score (nSPS) is 16.3. The summed E-state index contributed by atoms with van der Waals surface area (Å²) in [6.07, 6.45) is 5.71. The molecule has 0 aliphatic carbocycles. The fraction of sp³-hybridized carbons (Fsp3) is 0.261. The molecule has 0 bridgehead atoms. The van der Waals surface area contributed by atoms with Crippen molar-refractivity contribution in [2.45, 2.75) is 25.5 Å². The minimum atomic E-state index is -0.115. The molecule has 3 aromatic heterocycles. The van der Waals surface area contributed by atoms with E-state index in [-0.39, 0.29) is 17.6 Å². The summed E-state index contributed by atoms with van der Waals surface area (Å²) in [7, 11) is 0. The quantitative estimate of drug-likeness (QED) is 0.557. The Labute approximate surface area is 172 Å². The SMILES string of the molecule is O=C(NCC1CCCO1)c1ccc(Cn2c(=O)c3cccn3c3cccnc32)cc1. The van der Waals surface area contributed by atoms with E-state index in [0.717, 1.165) is 30.5 Å². The van der Waals surface area contributed by atoms with Crippen LogP contribution in [0.2, 0.25) is 0 Å². The maximum Gasteiger partial charge on any atom is 0.276 e. The molecule has 7 nitrogen and oxygen atoms in total. The van der Waals surface area contributed by atoms with E-state index < -0.39 is 0 Å². The molecule has 1 aliphatic heterocycles. The average Bonchev–Trinajstić information content (AvgIpc) is 3.48. The Morgan fingerprint density at radius 3 is 2.77 bits per heavy atom. The van der Waals surface area contributed by atoms with Gasteiger partial charge in [-0.1, -0.05) is 12.1 Å². The Hall–Kier alpha value is -3.45. The molecule has 4 aromatic rings. The van der Waals surface area contributed by atoms with Crippen LogP contribution in [0.25, 0.3) is 16.7 Å². The van der Waals surface area contributed by atoms with Crippen LogP contribution in [0.3, 0.4) is 0 Å². The minimum Gasteiger partial charge on any atom is -0.376 e. The number of ether oxygens (including phenoxy) is 1. The molecule has 0 spiro atoms. The highest BCUT2D eigenvalue weighted by Gasteiger charge is 2.17. The smallest absolute Gasteiger partial charge is 0.276 e. The molecule has 1 atom stereocenters. The number of amides is 1. The van der Waals surface area contributed by atoms with E-state index in [1.54, 1.807) is 22.9 Å². The molecule has 0 radical (unpaired) electrons. The number of carbonyl (C=O) groups excluding carboxylic acids is 1. The van der Waals surface area contributed by atoms with Crippen molar-refractivity contribution >= 4 is 22.6 Å². The van der Waals surface area contributed by atoms with E-state index in [9.17, 15) is 9.59 Å². The molecule has 152 valence electrons. The molecule has 1 saturated heterocycles. The number of nitrogens with one attached hydrogen (secondary N) is 1. The van der Waals surface area contributed by atoms with Crippen LogP contribution in [0.1, 0.15) is 28.8 Å². The zero-order valence-corrected chi connectivity index (χ0v) is 16.5. The summed E-state index contributed by atoms with van der Waals surface area (Å²) in [6, 6.07) is 14.8. The molecule has 1 aliphatic rings.